The van der Waals surface area contributed by atoms with Crippen molar-refractivity contribution in [2.45, 2.75) is 17.5 Å². The van der Waals surface area contributed by atoms with Gasteiger partial charge in [0.1, 0.15) is 6.17 Å². The van der Waals surface area contributed by atoms with E-state index in [-0.39, 0.29) is 6.17 Å². The summed E-state index contributed by atoms with van der Waals surface area (Å²) in [6, 6.07) is 8.37. The lowest BCUT2D eigenvalue weighted by molar-refractivity contribution is 0.220. The molecule has 4 heteroatoms. The van der Waals surface area contributed by atoms with E-state index < -0.39 is 0 Å². The van der Waals surface area contributed by atoms with Crippen LogP contribution in [-0.2, 0) is 0 Å². The average molecular weight is 219 g/mol. The zero-order chi connectivity index (χ0) is 10.3. The van der Waals surface area contributed by atoms with Crippen LogP contribution in [0.5, 0.6) is 0 Å². The number of rotatable bonds is 0. The van der Waals surface area contributed by atoms with Crippen LogP contribution in [0.15, 0.2) is 29.2 Å². The first kappa shape index (κ1) is 9.24. The van der Waals surface area contributed by atoms with E-state index in [1.54, 1.807) is 11.8 Å². The summed E-state index contributed by atoms with van der Waals surface area (Å²) in [5, 5.41) is 12.1. The maximum Gasteiger partial charge on any atom is 0.162 e. The van der Waals surface area contributed by atoms with Gasteiger partial charge in [-0.2, -0.15) is 0 Å². The van der Waals surface area contributed by atoms with Gasteiger partial charge in [-0.1, -0.05) is 30.0 Å². The number of hydrogen-bond acceptors (Lipinski definition) is 3. The molecule has 1 aromatic carbocycles. The first-order valence-corrected chi connectivity index (χ1v) is 6.03. The molecule has 1 unspecified atom stereocenters. The van der Waals surface area contributed by atoms with Crippen LogP contribution in [0.1, 0.15) is 18.2 Å². The van der Waals surface area contributed by atoms with Crippen LogP contribution in [0.3, 0.4) is 0 Å². The molecule has 0 radical (unpaired) electrons. The Hall–Kier alpha value is -1.00. The zero-order valence-corrected chi connectivity index (χ0v) is 9.18. The standard InChI is InChI=1S/C11H13N3S/c12-11-14-7-3-6-13-10(14)8-4-1-2-5-9(8)15-11/h1-2,4-5,10,12-13H,3,6-7H2. The molecule has 78 valence electrons. The fraction of sp³-hybridized carbons (Fsp3) is 0.364. The molecule has 2 aliphatic rings. The van der Waals surface area contributed by atoms with Crippen molar-refractivity contribution in [3.8, 4) is 0 Å². The van der Waals surface area contributed by atoms with E-state index >= 15 is 0 Å². The number of benzene rings is 1. The largest absolute Gasteiger partial charge is 0.332 e. The molecule has 2 heterocycles. The summed E-state index contributed by atoms with van der Waals surface area (Å²) in [7, 11) is 0. The second-order valence-corrected chi connectivity index (χ2v) is 4.88. The summed E-state index contributed by atoms with van der Waals surface area (Å²) in [5.41, 5.74) is 1.32. The summed E-state index contributed by atoms with van der Waals surface area (Å²) in [5.74, 6) is 0. The second kappa shape index (κ2) is 3.54. The van der Waals surface area contributed by atoms with E-state index in [9.17, 15) is 0 Å². The number of nitrogens with zero attached hydrogens (tertiary/aromatic N) is 1. The van der Waals surface area contributed by atoms with Gasteiger partial charge in [0.25, 0.3) is 0 Å². The zero-order valence-electron chi connectivity index (χ0n) is 8.36. The normalized spacial score (nSPS) is 24.7. The van der Waals surface area contributed by atoms with Gasteiger partial charge >= 0.3 is 0 Å². The molecule has 1 aromatic rings. The molecular formula is C11H13N3S. The van der Waals surface area contributed by atoms with Crippen molar-refractivity contribution in [2.75, 3.05) is 13.1 Å². The molecule has 2 aliphatic heterocycles. The Morgan fingerprint density at radius 3 is 3.20 bits per heavy atom. The van der Waals surface area contributed by atoms with Gasteiger partial charge < -0.3 is 4.90 Å². The van der Waals surface area contributed by atoms with Crippen LogP contribution >= 0.6 is 11.8 Å². The Morgan fingerprint density at radius 1 is 1.40 bits per heavy atom. The number of amidine groups is 1. The Balaban J connectivity index is 2.06. The molecule has 0 spiro atoms. The van der Waals surface area contributed by atoms with Gasteiger partial charge in [-0.05, 0) is 19.0 Å². The van der Waals surface area contributed by atoms with Crippen molar-refractivity contribution in [1.29, 1.82) is 5.41 Å². The first-order chi connectivity index (χ1) is 7.36. The minimum Gasteiger partial charge on any atom is -0.332 e. The van der Waals surface area contributed by atoms with E-state index in [1.807, 2.05) is 6.07 Å². The lowest BCUT2D eigenvalue weighted by atomic mass is 10.1. The van der Waals surface area contributed by atoms with Crippen LogP contribution in [-0.4, -0.2) is 23.2 Å². The Bertz CT molecular complexity index is 405. The van der Waals surface area contributed by atoms with Crippen molar-refractivity contribution >= 4 is 16.9 Å². The van der Waals surface area contributed by atoms with Crippen molar-refractivity contribution in [2.24, 2.45) is 0 Å². The number of hydrogen-bond donors (Lipinski definition) is 2. The Morgan fingerprint density at radius 2 is 2.27 bits per heavy atom. The minimum absolute atomic E-state index is 0.226. The maximum atomic E-state index is 7.99. The molecule has 0 amide bonds. The predicted octanol–water partition coefficient (Wildman–Crippen LogP) is 2.02. The third-order valence-corrected chi connectivity index (χ3v) is 3.93. The number of nitrogens with one attached hydrogen (secondary N) is 2. The number of fused-ring (bicyclic) bond motifs is 3. The Kier molecular flexibility index (Phi) is 2.18. The monoisotopic (exact) mass is 219 g/mol. The van der Waals surface area contributed by atoms with Crippen molar-refractivity contribution in [3.63, 3.8) is 0 Å². The van der Waals surface area contributed by atoms with Gasteiger partial charge in [-0.25, -0.2) is 0 Å². The van der Waals surface area contributed by atoms with Crippen LogP contribution < -0.4 is 5.32 Å². The summed E-state index contributed by atoms with van der Waals surface area (Å²) in [6.45, 7) is 2.05. The van der Waals surface area contributed by atoms with Gasteiger partial charge in [0.15, 0.2) is 5.17 Å². The maximum absolute atomic E-state index is 7.99. The summed E-state index contributed by atoms with van der Waals surface area (Å²) < 4.78 is 0. The van der Waals surface area contributed by atoms with Gasteiger partial charge in [0.05, 0.1) is 0 Å². The van der Waals surface area contributed by atoms with Crippen LogP contribution in [0.2, 0.25) is 0 Å². The lowest BCUT2D eigenvalue weighted by Gasteiger charge is -2.41. The van der Waals surface area contributed by atoms with Crippen molar-refractivity contribution in [3.05, 3.63) is 29.8 Å². The van der Waals surface area contributed by atoms with Crippen LogP contribution in [0.4, 0.5) is 0 Å². The third kappa shape index (κ3) is 1.44. The van der Waals surface area contributed by atoms with Gasteiger partial charge in [-0.3, -0.25) is 10.7 Å². The highest BCUT2D eigenvalue weighted by Crippen LogP contribution is 2.38. The Labute approximate surface area is 93.4 Å². The molecule has 3 rings (SSSR count). The quantitative estimate of drug-likeness (QED) is 0.701. The first-order valence-electron chi connectivity index (χ1n) is 5.21. The molecule has 3 nitrogen and oxygen atoms in total. The summed E-state index contributed by atoms with van der Waals surface area (Å²) >= 11 is 1.57. The molecule has 0 aromatic heterocycles. The molecule has 2 N–H and O–H groups in total. The van der Waals surface area contributed by atoms with E-state index in [0.717, 1.165) is 19.5 Å². The fourth-order valence-electron chi connectivity index (χ4n) is 2.19. The lowest BCUT2D eigenvalue weighted by Crippen LogP contribution is -2.48. The van der Waals surface area contributed by atoms with Gasteiger partial charge in [-0.15, -0.1) is 0 Å². The average Bonchev–Trinajstić information content (AvgIpc) is 2.30. The van der Waals surface area contributed by atoms with E-state index in [1.165, 1.54) is 10.5 Å². The van der Waals surface area contributed by atoms with Crippen LogP contribution in [0, 0.1) is 5.41 Å². The molecule has 15 heavy (non-hydrogen) atoms. The highest BCUT2D eigenvalue weighted by atomic mass is 32.2. The van der Waals surface area contributed by atoms with E-state index in [4.69, 9.17) is 5.41 Å². The van der Waals surface area contributed by atoms with E-state index in [0.29, 0.717) is 5.17 Å². The smallest absolute Gasteiger partial charge is 0.162 e. The van der Waals surface area contributed by atoms with Crippen molar-refractivity contribution in [1.82, 2.24) is 10.2 Å². The van der Waals surface area contributed by atoms with Crippen LogP contribution in [0.25, 0.3) is 0 Å². The van der Waals surface area contributed by atoms with Gasteiger partial charge in [0.2, 0.25) is 0 Å². The molecule has 1 saturated heterocycles. The highest BCUT2D eigenvalue weighted by Gasteiger charge is 2.32. The topological polar surface area (TPSA) is 39.1 Å². The predicted molar refractivity (Wildman–Crippen MR) is 62.1 cm³/mol. The molecule has 0 saturated carbocycles. The summed E-state index contributed by atoms with van der Waals surface area (Å²) in [4.78, 5) is 3.37. The molecule has 1 atom stereocenters. The number of thioether (sulfide) groups is 1. The fourth-order valence-corrected chi connectivity index (χ4v) is 3.15. The third-order valence-electron chi connectivity index (χ3n) is 2.91. The highest BCUT2D eigenvalue weighted by molar-refractivity contribution is 8.13. The molecule has 0 bridgehead atoms. The van der Waals surface area contributed by atoms with E-state index in [2.05, 4.69) is 28.4 Å². The van der Waals surface area contributed by atoms with Crippen molar-refractivity contribution < 1.29 is 0 Å². The summed E-state index contributed by atoms with van der Waals surface area (Å²) in [6.07, 6.45) is 1.35. The molecule has 1 fully saturated rings. The molecular weight excluding hydrogens is 206 g/mol. The molecule has 0 aliphatic carbocycles. The van der Waals surface area contributed by atoms with Gasteiger partial charge in [0, 0.05) is 17.0 Å². The minimum atomic E-state index is 0.226. The SMILES string of the molecule is N=C1Sc2ccccc2C2NCCCN12. The second-order valence-electron chi connectivity index (χ2n) is 3.85.